The van der Waals surface area contributed by atoms with Crippen molar-refractivity contribution in [3.05, 3.63) is 52.8 Å². The van der Waals surface area contributed by atoms with E-state index in [0.717, 1.165) is 16.3 Å². The lowest BCUT2D eigenvalue weighted by atomic mass is 10.1. The number of nitrogens with one attached hydrogen (secondary N) is 1. The summed E-state index contributed by atoms with van der Waals surface area (Å²) in [5.41, 5.74) is 2.10. The maximum Gasteiger partial charge on any atom is 0.255 e. The molecule has 2 rings (SSSR count). The van der Waals surface area contributed by atoms with Gasteiger partial charge in [-0.15, -0.1) is 11.8 Å². The van der Waals surface area contributed by atoms with Crippen molar-refractivity contribution in [2.45, 2.75) is 24.7 Å². The molecule has 0 aliphatic rings. The Kier molecular flexibility index (Phi) is 5.26. The van der Waals surface area contributed by atoms with Gasteiger partial charge in [0.25, 0.3) is 5.91 Å². The predicted octanol–water partition coefficient (Wildman–Crippen LogP) is 4.83. The number of nitrogens with zero attached hydrogens (tertiary/aromatic N) is 1. The average Bonchev–Trinajstić information content (AvgIpc) is 2.46. The van der Waals surface area contributed by atoms with Crippen LogP contribution < -0.4 is 5.32 Å². The molecular weight excluding hydrogens is 304 g/mol. The highest BCUT2D eigenvalue weighted by Crippen LogP contribution is 2.21. The third-order valence-electron chi connectivity index (χ3n) is 3.00. The second-order valence-electron chi connectivity index (χ2n) is 4.94. The Labute approximate surface area is 134 Å². The molecule has 0 unspecified atom stereocenters. The van der Waals surface area contributed by atoms with Gasteiger partial charge in [-0.25, -0.2) is 4.98 Å². The lowest BCUT2D eigenvalue weighted by Gasteiger charge is -2.10. The molecule has 1 aromatic heterocycles. The van der Waals surface area contributed by atoms with E-state index >= 15 is 0 Å². The van der Waals surface area contributed by atoms with Gasteiger partial charge in [0.05, 0.1) is 0 Å². The summed E-state index contributed by atoms with van der Waals surface area (Å²) in [7, 11) is 0. The maximum atomic E-state index is 12.3. The summed E-state index contributed by atoms with van der Waals surface area (Å²) in [4.78, 5) is 17.7. The Morgan fingerprint density at radius 2 is 2.05 bits per heavy atom. The predicted molar refractivity (Wildman–Crippen MR) is 89.5 cm³/mol. The van der Waals surface area contributed by atoms with E-state index in [-0.39, 0.29) is 11.8 Å². The summed E-state index contributed by atoms with van der Waals surface area (Å²) in [6.07, 6.45) is 2.00. The standard InChI is InChI=1S/C16H17ClN2OS/c1-10(2)14-7-11(8-15(17)19-14)16(20)18-12-5-4-6-13(9-12)21-3/h4-10H,1-3H3,(H,18,20). The first-order valence-electron chi connectivity index (χ1n) is 6.62. The first-order chi connectivity index (χ1) is 9.99. The third-order valence-corrected chi connectivity index (χ3v) is 3.91. The topological polar surface area (TPSA) is 42.0 Å². The maximum absolute atomic E-state index is 12.3. The molecule has 0 saturated carbocycles. The van der Waals surface area contributed by atoms with Gasteiger partial charge in [-0.2, -0.15) is 0 Å². The lowest BCUT2D eigenvalue weighted by Crippen LogP contribution is -2.13. The highest BCUT2D eigenvalue weighted by molar-refractivity contribution is 7.98. The molecule has 3 nitrogen and oxygen atoms in total. The number of benzene rings is 1. The summed E-state index contributed by atoms with van der Waals surface area (Å²) in [6.45, 7) is 4.03. The van der Waals surface area contributed by atoms with Crippen molar-refractivity contribution >= 4 is 35.0 Å². The van der Waals surface area contributed by atoms with E-state index in [2.05, 4.69) is 10.3 Å². The molecule has 1 amide bonds. The quantitative estimate of drug-likeness (QED) is 0.648. The number of carbonyl (C=O) groups is 1. The van der Waals surface area contributed by atoms with Crippen molar-refractivity contribution in [2.75, 3.05) is 11.6 Å². The van der Waals surface area contributed by atoms with Crippen LogP contribution in [0.25, 0.3) is 0 Å². The minimum Gasteiger partial charge on any atom is -0.322 e. The molecule has 0 spiro atoms. The van der Waals surface area contributed by atoms with Gasteiger partial charge in [0.15, 0.2) is 0 Å². The van der Waals surface area contributed by atoms with E-state index < -0.39 is 0 Å². The smallest absolute Gasteiger partial charge is 0.255 e. The Morgan fingerprint density at radius 3 is 2.71 bits per heavy atom. The third kappa shape index (κ3) is 4.22. The van der Waals surface area contributed by atoms with Crippen molar-refractivity contribution in [1.82, 2.24) is 4.98 Å². The molecule has 0 saturated heterocycles. The molecule has 1 heterocycles. The zero-order chi connectivity index (χ0) is 15.4. The SMILES string of the molecule is CSc1cccc(NC(=O)c2cc(Cl)nc(C(C)C)c2)c1. The molecule has 1 aromatic carbocycles. The van der Waals surface area contributed by atoms with Crippen LogP contribution in [0, 0.1) is 0 Å². The van der Waals surface area contributed by atoms with Crippen LogP contribution >= 0.6 is 23.4 Å². The normalized spacial score (nSPS) is 10.7. The van der Waals surface area contributed by atoms with Crippen LogP contribution in [0.15, 0.2) is 41.3 Å². The van der Waals surface area contributed by atoms with Crippen LogP contribution in [0.2, 0.25) is 5.15 Å². The van der Waals surface area contributed by atoms with Crippen LogP contribution in [0.5, 0.6) is 0 Å². The fraction of sp³-hybridized carbons (Fsp3) is 0.250. The van der Waals surface area contributed by atoms with Gasteiger partial charge in [0.1, 0.15) is 5.15 Å². The number of halogens is 1. The fourth-order valence-corrected chi connectivity index (χ4v) is 2.52. The number of anilines is 1. The Balaban J connectivity index is 2.23. The summed E-state index contributed by atoms with van der Waals surface area (Å²) < 4.78 is 0. The Morgan fingerprint density at radius 1 is 1.29 bits per heavy atom. The summed E-state index contributed by atoms with van der Waals surface area (Å²) >= 11 is 7.63. The Bertz CT molecular complexity index is 658. The van der Waals surface area contributed by atoms with E-state index in [4.69, 9.17) is 11.6 Å². The van der Waals surface area contributed by atoms with Crippen molar-refractivity contribution in [1.29, 1.82) is 0 Å². The van der Waals surface area contributed by atoms with Gasteiger partial charge in [-0.1, -0.05) is 31.5 Å². The van der Waals surface area contributed by atoms with Crippen LogP contribution in [0.3, 0.4) is 0 Å². The molecule has 0 fully saturated rings. The second kappa shape index (κ2) is 6.96. The van der Waals surface area contributed by atoms with Crippen LogP contribution in [-0.2, 0) is 0 Å². The van der Waals surface area contributed by atoms with Gasteiger partial charge in [-0.05, 0) is 42.5 Å². The number of carbonyl (C=O) groups excluding carboxylic acids is 1. The molecule has 110 valence electrons. The van der Waals surface area contributed by atoms with Crippen LogP contribution in [0.1, 0.15) is 35.8 Å². The minimum atomic E-state index is -0.181. The molecule has 0 atom stereocenters. The minimum absolute atomic E-state index is 0.181. The first-order valence-corrected chi connectivity index (χ1v) is 8.22. The van der Waals surface area contributed by atoms with Gasteiger partial charge in [0.2, 0.25) is 0 Å². The zero-order valence-electron chi connectivity index (χ0n) is 12.2. The monoisotopic (exact) mass is 320 g/mol. The van der Waals surface area contributed by atoms with E-state index in [0.29, 0.717) is 10.7 Å². The number of thioether (sulfide) groups is 1. The van der Waals surface area contributed by atoms with E-state index in [1.165, 1.54) is 0 Å². The number of hydrogen-bond donors (Lipinski definition) is 1. The Hall–Kier alpha value is -1.52. The summed E-state index contributed by atoms with van der Waals surface area (Å²) in [5.74, 6) is 0.0366. The molecule has 0 radical (unpaired) electrons. The highest BCUT2D eigenvalue weighted by Gasteiger charge is 2.11. The fourth-order valence-electron chi connectivity index (χ4n) is 1.85. The van der Waals surface area contributed by atoms with E-state index in [9.17, 15) is 4.79 Å². The molecule has 2 aromatic rings. The average molecular weight is 321 g/mol. The van der Waals surface area contributed by atoms with Crippen molar-refractivity contribution in [3.63, 3.8) is 0 Å². The first kappa shape index (κ1) is 15.9. The van der Waals surface area contributed by atoms with Crippen LogP contribution in [-0.4, -0.2) is 17.1 Å². The van der Waals surface area contributed by atoms with Gasteiger partial charge >= 0.3 is 0 Å². The number of rotatable bonds is 4. The van der Waals surface area contributed by atoms with E-state index in [1.807, 2.05) is 44.4 Å². The van der Waals surface area contributed by atoms with Crippen LogP contribution in [0.4, 0.5) is 5.69 Å². The molecule has 21 heavy (non-hydrogen) atoms. The molecule has 0 aliphatic heterocycles. The zero-order valence-corrected chi connectivity index (χ0v) is 13.8. The number of pyridine rings is 1. The molecule has 1 N–H and O–H groups in total. The van der Waals surface area contributed by atoms with Gasteiger partial charge in [-0.3, -0.25) is 4.79 Å². The van der Waals surface area contributed by atoms with Gasteiger partial charge in [0, 0.05) is 21.8 Å². The highest BCUT2D eigenvalue weighted by atomic mass is 35.5. The van der Waals surface area contributed by atoms with Crippen molar-refractivity contribution < 1.29 is 4.79 Å². The molecular formula is C16H17ClN2OS. The van der Waals surface area contributed by atoms with E-state index in [1.54, 1.807) is 23.9 Å². The van der Waals surface area contributed by atoms with Gasteiger partial charge < -0.3 is 5.32 Å². The lowest BCUT2D eigenvalue weighted by molar-refractivity contribution is 0.102. The van der Waals surface area contributed by atoms with Crippen molar-refractivity contribution in [3.8, 4) is 0 Å². The summed E-state index contributed by atoms with van der Waals surface area (Å²) in [5, 5.41) is 3.22. The molecule has 5 heteroatoms. The number of hydrogen-bond acceptors (Lipinski definition) is 3. The van der Waals surface area contributed by atoms with Crippen molar-refractivity contribution in [2.24, 2.45) is 0 Å². The largest absolute Gasteiger partial charge is 0.322 e. The number of aromatic nitrogens is 1. The second-order valence-corrected chi connectivity index (χ2v) is 6.21. The number of amides is 1. The summed E-state index contributed by atoms with van der Waals surface area (Å²) in [6, 6.07) is 11.1. The molecule has 0 bridgehead atoms. The molecule has 0 aliphatic carbocycles.